The molecular weight excluding hydrogens is 386 g/mol. The van der Waals surface area contributed by atoms with Gasteiger partial charge in [0.25, 0.3) is 5.91 Å². The smallest absolute Gasteiger partial charge is 0.272 e. The van der Waals surface area contributed by atoms with Crippen molar-refractivity contribution in [1.29, 1.82) is 0 Å². The third-order valence-electron chi connectivity index (χ3n) is 5.00. The molecule has 1 aromatic heterocycles. The van der Waals surface area contributed by atoms with E-state index in [1.54, 1.807) is 0 Å². The van der Waals surface area contributed by atoms with Gasteiger partial charge in [0.1, 0.15) is 28.2 Å². The number of carbonyl (C=O) groups is 1. The summed E-state index contributed by atoms with van der Waals surface area (Å²) in [6.45, 7) is 3.02. The fourth-order valence-electron chi connectivity index (χ4n) is 3.35. The normalized spacial score (nSPS) is 15.2. The number of ether oxygens (including phenoxy) is 1. The van der Waals surface area contributed by atoms with E-state index in [9.17, 15) is 14.7 Å². The van der Waals surface area contributed by atoms with E-state index in [1.165, 1.54) is 18.2 Å². The molecule has 156 valence electrons. The number of hydrazine groups is 1. The summed E-state index contributed by atoms with van der Waals surface area (Å²) in [4.78, 5) is 26.9. The van der Waals surface area contributed by atoms with E-state index in [4.69, 9.17) is 9.15 Å². The van der Waals surface area contributed by atoms with Gasteiger partial charge in [-0.05, 0) is 7.05 Å². The van der Waals surface area contributed by atoms with Gasteiger partial charge in [0, 0.05) is 49.9 Å². The Balaban J connectivity index is 1.50. The summed E-state index contributed by atoms with van der Waals surface area (Å²) in [6, 6.07) is 13.4. The van der Waals surface area contributed by atoms with E-state index in [2.05, 4.69) is 10.3 Å². The summed E-state index contributed by atoms with van der Waals surface area (Å²) in [5.41, 5.74) is 3.39. The molecule has 0 saturated carbocycles. The van der Waals surface area contributed by atoms with E-state index in [0.717, 1.165) is 31.7 Å². The molecule has 2 heterocycles. The minimum Gasteiger partial charge on any atom is -0.507 e. The number of likely N-dealkylation sites (N-methyl/N-ethyl adjacent to an activating group) is 1. The van der Waals surface area contributed by atoms with Crippen LogP contribution in [0.4, 0.5) is 0 Å². The lowest BCUT2D eigenvalue weighted by molar-refractivity contribution is -0.128. The van der Waals surface area contributed by atoms with Crippen LogP contribution in [0.15, 0.2) is 57.7 Å². The summed E-state index contributed by atoms with van der Waals surface area (Å²) in [6.07, 6.45) is 0. The number of hydrogen-bond acceptors (Lipinski definition) is 7. The summed E-state index contributed by atoms with van der Waals surface area (Å²) in [5.74, 6) is 0.0771. The molecule has 1 amide bonds. The first-order valence-corrected chi connectivity index (χ1v) is 9.71. The Labute approximate surface area is 173 Å². The van der Waals surface area contributed by atoms with Gasteiger partial charge in [0.2, 0.25) is 0 Å². The maximum absolute atomic E-state index is 12.5. The monoisotopic (exact) mass is 409 g/mol. The number of nitrogens with zero attached hydrogens (tertiary/aromatic N) is 2. The molecule has 0 atom stereocenters. The van der Waals surface area contributed by atoms with Crippen molar-refractivity contribution in [2.24, 2.45) is 0 Å². The minimum atomic E-state index is -0.355. The number of carbonyl (C=O) groups excluding carboxylic acids is 1. The zero-order valence-corrected chi connectivity index (χ0v) is 16.6. The van der Waals surface area contributed by atoms with Crippen LogP contribution in [0.2, 0.25) is 0 Å². The summed E-state index contributed by atoms with van der Waals surface area (Å²) in [5, 5.41) is 12.2. The predicted octanol–water partition coefficient (Wildman–Crippen LogP) is 1.82. The summed E-state index contributed by atoms with van der Waals surface area (Å²) >= 11 is 0. The second-order valence-corrected chi connectivity index (χ2v) is 7.27. The Morgan fingerprint density at radius 3 is 2.60 bits per heavy atom. The van der Waals surface area contributed by atoms with Crippen LogP contribution < -0.4 is 15.6 Å². The highest BCUT2D eigenvalue weighted by Gasteiger charge is 2.17. The lowest BCUT2D eigenvalue weighted by Crippen LogP contribution is -2.53. The van der Waals surface area contributed by atoms with E-state index < -0.39 is 0 Å². The Hall–Kier alpha value is -3.36. The van der Waals surface area contributed by atoms with Crippen molar-refractivity contribution in [3.8, 4) is 22.8 Å². The van der Waals surface area contributed by atoms with Crippen LogP contribution in [0, 0.1) is 0 Å². The minimum absolute atomic E-state index is 0.0731. The third kappa shape index (κ3) is 4.45. The van der Waals surface area contributed by atoms with Crippen molar-refractivity contribution < 1.29 is 19.1 Å². The second-order valence-electron chi connectivity index (χ2n) is 7.27. The number of benzene rings is 2. The van der Waals surface area contributed by atoms with Crippen LogP contribution in [0.1, 0.15) is 0 Å². The Morgan fingerprint density at radius 1 is 1.13 bits per heavy atom. The van der Waals surface area contributed by atoms with Gasteiger partial charge in [-0.3, -0.25) is 15.0 Å². The average Bonchev–Trinajstić information content (AvgIpc) is 2.74. The number of aromatic hydroxyl groups is 1. The second kappa shape index (κ2) is 8.56. The van der Waals surface area contributed by atoms with Crippen molar-refractivity contribution in [3.63, 3.8) is 0 Å². The SMILES string of the molecule is CN1CCN(NC(=O)COc2cc(O)c3c(=O)cc(-c4ccccc4)oc3c2)CC1. The molecule has 1 fully saturated rings. The number of phenolic OH excluding ortho intramolecular Hbond substituents is 1. The topological polar surface area (TPSA) is 95.3 Å². The number of hydrogen-bond donors (Lipinski definition) is 2. The van der Waals surface area contributed by atoms with Crippen LogP contribution in [0.25, 0.3) is 22.3 Å². The number of nitrogens with one attached hydrogen (secondary N) is 1. The Morgan fingerprint density at radius 2 is 1.87 bits per heavy atom. The van der Waals surface area contributed by atoms with Gasteiger partial charge in [0.15, 0.2) is 12.0 Å². The molecule has 2 N–H and O–H groups in total. The van der Waals surface area contributed by atoms with E-state index >= 15 is 0 Å². The third-order valence-corrected chi connectivity index (χ3v) is 5.00. The molecule has 0 unspecified atom stereocenters. The van der Waals surface area contributed by atoms with Crippen molar-refractivity contribution in [3.05, 3.63) is 58.8 Å². The molecule has 2 aromatic carbocycles. The van der Waals surface area contributed by atoms with Crippen LogP contribution in [0.5, 0.6) is 11.5 Å². The van der Waals surface area contributed by atoms with E-state index in [0.29, 0.717) is 5.76 Å². The molecule has 0 aliphatic carbocycles. The van der Waals surface area contributed by atoms with Crippen LogP contribution >= 0.6 is 0 Å². The maximum Gasteiger partial charge on any atom is 0.272 e. The number of amides is 1. The predicted molar refractivity (Wildman–Crippen MR) is 112 cm³/mol. The van der Waals surface area contributed by atoms with Gasteiger partial charge in [-0.15, -0.1) is 0 Å². The first kappa shape index (κ1) is 19.9. The van der Waals surface area contributed by atoms with Gasteiger partial charge in [-0.1, -0.05) is 30.3 Å². The summed E-state index contributed by atoms with van der Waals surface area (Å²) < 4.78 is 11.4. The summed E-state index contributed by atoms with van der Waals surface area (Å²) in [7, 11) is 2.04. The molecule has 0 bridgehead atoms. The molecule has 0 spiro atoms. The molecular formula is C22H23N3O5. The molecule has 8 heteroatoms. The number of rotatable bonds is 5. The molecule has 3 aromatic rings. The molecule has 0 radical (unpaired) electrons. The van der Waals surface area contributed by atoms with Gasteiger partial charge in [-0.25, -0.2) is 5.01 Å². The first-order valence-electron chi connectivity index (χ1n) is 9.71. The molecule has 4 rings (SSSR count). The van der Waals surface area contributed by atoms with Crippen molar-refractivity contribution in [2.75, 3.05) is 39.8 Å². The van der Waals surface area contributed by atoms with Crippen LogP contribution in [0.3, 0.4) is 0 Å². The average molecular weight is 409 g/mol. The zero-order valence-electron chi connectivity index (χ0n) is 16.6. The number of fused-ring (bicyclic) bond motifs is 1. The molecule has 1 saturated heterocycles. The van der Waals surface area contributed by atoms with Crippen molar-refractivity contribution in [1.82, 2.24) is 15.3 Å². The quantitative estimate of drug-likeness (QED) is 0.664. The van der Waals surface area contributed by atoms with Crippen LogP contribution in [-0.4, -0.2) is 60.8 Å². The van der Waals surface area contributed by atoms with Crippen LogP contribution in [-0.2, 0) is 4.79 Å². The number of piperazine rings is 1. The van der Waals surface area contributed by atoms with Gasteiger partial charge in [-0.2, -0.15) is 0 Å². The molecule has 30 heavy (non-hydrogen) atoms. The highest BCUT2D eigenvalue weighted by atomic mass is 16.5. The van der Waals surface area contributed by atoms with Gasteiger partial charge < -0.3 is 19.2 Å². The maximum atomic E-state index is 12.5. The van der Waals surface area contributed by atoms with Crippen molar-refractivity contribution in [2.45, 2.75) is 0 Å². The molecule has 1 aliphatic rings. The fraction of sp³-hybridized carbons (Fsp3) is 0.273. The highest BCUT2D eigenvalue weighted by Crippen LogP contribution is 2.31. The Bertz CT molecular complexity index is 1100. The van der Waals surface area contributed by atoms with Gasteiger partial charge in [0.05, 0.1) is 0 Å². The Kier molecular flexibility index (Phi) is 5.69. The number of phenols is 1. The van der Waals surface area contributed by atoms with E-state index in [-0.39, 0.29) is 40.4 Å². The molecule has 1 aliphatic heterocycles. The molecule has 8 nitrogen and oxygen atoms in total. The van der Waals surface area contributed by atoms with Gasteiger partial charge >= 0.3 is 0 Å². The van der Waals surface area contributed by atoms with E-state index in [1.807, 2.05) is 42.4 Å². The largest absolute Gasteiger partial charge is 0.507 e. The fourth-order valence-corrected chi connectivity index (χ4v) is 3.35. The van der Waals surface area contributed by atoms with Crippen molar-refractivity contribution >= 4 is 16.9 Å². The zero-order chi connectivity index (χ0) is 21.1. The first-order chi connectivity index (χ1) is 14.5. The lowest BCUT2D eigenvalue weighted by Gasteiger charge is -2.32. The lowest BCUT2D eigenvalue weighted by atomic mass is 10.1. The highest BCUT2D eigenvalue weighted by molar-refractivity contribution is 5.86. The standard InChI is InChI=1S/C22H23N3O5/c1-24-7-9-25(10-8-24)23-21(28)14-29-16-11-17(26)22-18(27)13-19(30-20(22)12-16)15-5-3-2-4-6-15/h2-6,11-13,26H,7-10,14H2,1H3,(H,23,28).